The smallest absolute Gasteiger partial charge is 0.207 e. The SMILES string of the molecule is Cc1cn(C)c(Nc2cc(F)c(Br)cc2F)n1. The lowest BCUT2D eigenvalue weighted by atomic mass is 10.3. The first-order valence-electron chi connectivity index (χ1n) is 4.89. The van der Waals surface area contributed by atoms with Gasteiger partial charge in [0.2, 0.25) is 5.95 Å². The molecule has 1 aromatic heterocycles. The zero-order valence-electron chi connectivity index (χ0n) is 9.26. The quantitative estimate of drug-likeness (QED) is 0.860. The van der Waals surface area contributed by atoms with Crippen molar-refractivity contribution in [3.63, 3.8) is 0 Å². The van der Waals surface area contributed by atoms with Crippen molar-refractivity contribution in [1.29, 1.82) is 0 Å². The molecule has 0 atom stereocenters. The largest absolute Gasteiger partial charge is 0.323 e. The molecule has 1 aromatic carbocycles. The van der Waals surface area contributed by atoms with Gasteiger partial charge in [0.25, 0.3) is 0 Å². The number of halogens is 3. The van der Waals surface area contributed by atoms with Crippen LogP contribution in [0.15, 0.2) is 22.8 Å². The van der Waals surface area contributed by atoms with Crippen molar-refractivity contribution in [1.82, 2.24) is 9.55 Å². The molecule has 0 saturated carbocycles. The molecule has 0 fully saturated rings. The third-order valence-corrected chi connectivity index (χ3v) is 2.86. The lowest BCUT2D eigenvalue weighted by Crippen LogP contribution is -2.01. The number of benzene rings is 1. The zero-order valence-corrected chi connectivity index (χ0v) is 10.8. The summed E-state index contributed by atoms with van der Waals surface area (Å²) in [6.45, 7) is 1.82. The molecule has 17 heavy (non-hydrogen) atoms. The van der Waals surface area contributed by atoms with Crippen LogP contribution in [0.2, 0.25) is 0 Å². The Bertz CT molecular complexity index is 566. The fraction of sp³-hybridized carbons (Fsp3) is 0.182. The molecule has 1 heterocycles. The van der Waals surface area contributed by atoms with E-state index in [-0.39, 0.29) is 10.2 Å². The number of imidazole rings is 1. The molecule has 0 amide bonds. The first-order valence-corrected chi connectivity index (χ1v) is 5.68. The summed E-state index contributed by atoms with van der Waals surface area (Å²) in [5.74, 6) is -0.609. The van der Waals surface area contributed by atoms with Gasteiger partial charge in [0, 0.05) is 19.3 Å². The summed E-state index contributed by atoms with van der Waals surface area (Å²) >= 11 is 2.92. The van der Waals surface area contributed by atoms with Gasteiger partial charge in [-0.3, -0.25) is 0 Å². The Kier molecular flexibility index (Phi) is 3.15. The highest BCUT2D eigenvalue weighted by molar-refractivity contribution is 9.10. The molecule has 0 aliphatic carbocycles. The van der Waals surface area contributed by atoms with Crippen molar-refractivity contribution < 1.29 is 8.78 Å². The molecule has 0 spiro atoms. The van der Waals surface area contributed by atoms with Gasteiger partial charge in [0.15, 0.2) is 0 Å². The Morgan fingerprint density at radius 2 is 2.00 bits per heavy atom. The normalized spacial score (nSPS) is 10.6. The van der Waals surface area contributed by atoms with Crippen molar-refractivity contribution in [2.75, 3.05) is 5.32 Å². The van der Waals surface area contributed by atoms with Crippen LogP contribution in [0.25, 0.3) is 0 Å². The van der Waals surface area contributed by atoms with Crippen molar-refractivity contribution in [2.45, 2.75) is 6.92 Å². The van der Waals surface area contributed by atoms with Crippen molar-refractivity contribution in [3.8, 4) is 0 Å². The second-order valence-electron chi connectivity index (χ2n) is 3.69. The van der Waals surface area contributed by atoms with Gasteiger partial charge in [-0.05, 0) is 28.9 Å². The summed E-state index contributed by atoms with van der Waals surface area (Å²) < 4.78 is 28.6. The third kappa shape index (κ3) is 2.46. The molecular formula is C11H10BrF2N3. The third-order valence-electron chi connectivity index (χ3n) is 2.25. The highest BCUT2D eigenvalue weighted by Crippen LogP contribution is 2.25. The predicted molar refractivity (Wildman–Crippen MR) is 65.3 cm³/mol. The van der Waals surface area contributed by atoms with Crippen LogP contribution in [0, 0.1) is 18.6 Å². The molecule has 0 aliphatic rings. The minimum Gasteiger partial charge on any atom is -0.323 e. The number of nitrogens with zero attached hydrogens (tertiary/aromatic N) is 2. The fourth-order valence-corrected chi connectivity index (χ4v) is 1.79. The van der Waals surface area contributed by atoms with Crippen LogP contribution < -0.4 is 5.32 Å². The first-order chi connectivity index (χ1) is 7.97. The summed E-state index contributed by atoms with van der Waals surface area (Å²) in [4.78, 5) is 4.15. The van der Waals surface area contributed by atoms with E-state index in [1.54, 1.807) is 17.8 Å². The maximum Gasteiger partial charge on any atom is 0.207 e. The second-order valence-corrected chi connectivity index (χ2v) is 4.54. The van der Waals surface area contributed by atoms with Crippen LogP contribution in [-0.4, -0.2) is 9.55 Å². The van der Waals surface area contributed by atoms with E-state index in [0.29, 0.717) is 5.95 Å². The van der Waals surface area contributed by atoms with Gasteiger partial charge >= 0.3 is 0 Å². The Labute approximate surface area is 106 Å². The van der Waals surface area contributed by atoms with Crippen molar-refractivity contribution in [3.05, 3.63) is 40.1 Å². The van der Waals surface area contributed by atoms with E-state index in [0.717, 1.165) is 17.8 Å². The van der Waals surface area contributed by atoms with E-state index in [1.165, 1.54) is 0 Å². The number of hydrogen-bond donors (Lipinski definition) is 1. The van der Waals surface area contributed by atoms with Crippen LogP contribution in [0.1, 0.15) is 5.69 Å². The Hall–Kier alpha value is -1.43. The monoisotopic (exact) mass is 301 g/mol. The number of aromatic nitrogens is 2. The number of aryl methyl sites for hydroxylation is 2. The van der Waals surface area contributed by atoms with Crippen LogP contribution in [-0.2, 0) is 7.05 Å². The minimum atomic E-state index is -0.543. The maximum atomic E-state index is 13.6. The van der Waals surface area contributed by atoms with Gasteiger partial charge in [0.1, 0.15) is 11.6 Å². The van der Waals surface area contributed by atoms with E-state index in [1.807, 2.05) is 6.92 Å². The Balaban J connectivity index is 2.36. The highest BCUT2D eigenvalue weighted by Gasteiger charge is 2.10. The molecule has 1 N–H and O–H groups in total. The van der Waals surface area contributed by atoms with Crippen LogP contribution in [0.3, 0.4) is 0 Å². The number of hydrogen-bond acceptors (Lipinski definition) is 2. The molecule has 0 bridgehead atoms. The topological polar surface area (TPSA) is 29.9 Å². The molecule has 3 nitrogen and oxygen atoms in total. The predicted octanol–water partition coefficient (Wildman–Crippen LogP) is 3.51. The molecular weight excluding hydrogens is 292 g/mol. The van der Waals surface area contributed by atoms with Crippen LogP contribution in [0.4, 0.5) is 20.4 Å². The van der Waals surface area contributed by atoms with E-state index in [9.17, 15) is 8.78 Å². The molecule has 2 aromatic rings. The van der Waals surface area contributed by atoms with Gasteiger partial charge < -0.3 is 9.88 Å². The summed E-state index contributed by atoms with van der Waals surface area (Å²) in [7, 11) is 1.77. The molecule has 6 heteroatoms. The van der Waals surface area contributed by atoms with E-state index in [2.05, 4.69) is 26.2 Å². The zero-order chi connectivity index (χ0) is 12.6. The summed E-state index contributed by atoms with van der Waals surface area (Å²) in [5, 5.41) is 2.75. The average molecular weight is 302 g/mol. The van der Waals surface area contributed by atoms with Gasteiger partial charge in [-0.2, -0.15) is 0 Å². The summed E-state index contributed by atoms with van der Waals surface area (Å²) in [6.07, 6.45) is 1.79. The second kappa shape index (κ2) is 4.44. The van der Waals surface area contributed by atoms with Crippen molar-refractivity contribution in [2.24, 2.45) is 7.05 Å². The van der Waals surface area contributed by atoms with Crippen LogP contribution in [0.5, 0.6) is 0 Å². The highest BCUT2D eigenvalue weighted by atomic mass is 79.9. The van der Waals surface area contributed by atoms with Gasteiger partial charge in [-0.15, -0.1) is 0 Å². The average Bonchev–Trinajstić information content (AvgIpc) is 2.54. The van der Waals surface area contributed by atoms with E-state index < -0.39 is 11.6 Å². The van der Waals surface area contributed by atoms with Crippen molar-refractivity contribution >= 4 is 27.6 Å². The maximum absolute atomic E-state index is 13.6. The van der Waals surface area contributed by atoms with Gasteiger partial charge in [-0.25, -0.2) is 13.8 Å². The summed E-state index contributed by atoms with van der Waals surface area (Å²) in [6, 6.07) is 2.16. The molecule has 0 saturated heterocycles. The fourth-order valence-electron chi connectivity index (χ4n) is 1.47. The molecule has 0 aliphatic heterocycles. The Morgan fingerprint density at radius 3 is 2.59 bits per heavy atom. The van der Waals surface area contributed by atoms with E-state index in [4.69, 9.17) is 0 Å². The number of nitrogens with one attached hydrogen (secondary N) is 1. The molecule has 2 rings (SSSR count). The first kappa shape index (κ1) is 12.0. The lowest BCUT2D eigenvalue weighted by molar-refractivity contribution is 0.597. The molecule has 90 valence electrons. The summed E-state index contributed by atoms with van der Waals surface area (Å²) in [5.41, 5.74) is 0.854. The number of rotatable bonds is 2. The minimum absolute atomic E-state index is 0.0550. The van der Waals surface area contributed by atoms with Gasteiger partial charge in [-0.1, -0.05) is 0 Å². The lowest BCUT2D eigenvalue weighted by Gasteiger charge is -2.07. The standard InChI is InChI=1S/C11H10BrF2N3/c1-6-5-17(2)11(15-6)16-10-4-8(13)7(12)3-9(10)14/h3-5H,1-2H3,(H,15,16). The van der Waals surface area contributed by atoms with Crippen LogP contribution >= 0.6 is 15.9 Å². The molecule has 0 unspecified atom stereocenters. The van der Waals surface area contributed by atoms with E-state index >= 15 is 0 Å². The number of anilines is 2. The molecule has 0 radical (unpaired) electrons. The van der Waals surface area contributed by atoms with Gasteiger partial charge in [0.05, 0.1) is 15.9 Å². The Morgan fingerprint density at radius 1 is 1.29 bits per heavy atom.